The second kappa shape index (κ2) is 7.96. The molecule has 4 rings (SSSR count). The molecule has 0 spiro atoms. The molecule has 0 amide bonds. The highest BCUT2D eigenvalue weighted by atomic mass is 35.5. The summed E-state index contributed by atoms with van der Waals surface area (Å²) in [7, 11) is -4.22. The SMILES string of the molecule is Cc1c(-n2ccn3c(S(=O)(=O)Cc4cccc(F)c4Cl)nnc3c2=O)cccc1C(F)(F)F. The lowest BCUT2D eigenvalue weighted by Crippen LogP contribution is -2.22. The zero-order valence-corrected chi connectivity index (χ0v) is 18.2. The molecule has 2 aromatic heterocycles. The number of nitrogens with zero attached hydrogens (tertiary/aromatic N) is 4. The fourth-order valence-corrected chi connectivity index (χ4v) is 5.05. The van der Waals surface area contributed by atoms with Crippen molar-refractivity contribution in [2.75, 3.05) is 0 Å². The molecule has 7 nitrogen and oxygen atoms in total. The van der Waals surface area contributed by atoms with Crippen LogP contribution in [0.4, 0.5) is 17.6 Å². The van der Waals surface area contributed by atoms with E-state index in [-0.39, 0.29) is 21.8 Å². The molecule has 0 aliphatic carbocycles. The standard InChI is InChI=1S/C20H13ClF4N4O3S/c1-11-13(20(23,24)25)5-3-7-15(11)28-8-9-29-17(18(28)30)26-27-19(29)33(31,32)10-12-4-2-6-14(22)16(12)21/h2-9H,10H2,1H3. The second-order valence-corrected chi connectivity index (χ2v) is 9.33. The van der Waals surface area contributed by atoms with Crippen LogP contribution in [0.15, 0.2) is 58.7 Å². The predicted octanol–water partition coefficient (Wildman–Crippen LogP) is 3.97. The van der Waals surface area contributed by atoms with Crippen molar-refractivity contribution in [3.63, 3.8) is 0 Å². The number of fused-ring (bicyclic) bond motifs is 1. The van der Waals surface area contributed by atoms with Crippen LogP contribution in [0.2, 0.25) is 5.02 Å². The molecule has 0 fully saturated rings. The van der Waals surface area contributed by atoms with E-state index in [2.05, 4.69) is 10.2 Å². The van der Waals surface area contributed by atoms with Crippen molar-refractivity contribution < 1.29 is 26.0 Å². The van der Waals surface area contributed by atoms with Crippen molar-refractivity contribution in [1.29, 1.82) is 0 Å². The summed E-state index contributed by atoms with van der Waals surface area (Å²) in [6, 6.07) is 7.07. The number of rotatable bonds is 4. The zero-order chi connectivity index (χ0) is 24.1. The third-order valence-electron chi connectivity index (χ3n) is 4.96. The van der Waals surface area contributed by atoms with Crippen LogP contribution in [0.5, 0.6) is 0 Å². The number of hydrogen-bond donors (Lipinski definition) is 0. The number of sulfone groups is 1. The molecule has 0 N–H and O–H groups in total. The van der Waals surface area contributed by atoms with Gasteiger partial charge in [0.1, 0.15) is 5.82 Å². The van der Waals surface area contributed by atoms with Crippen LogP contribution in [0.1, 0.15) is 16.7 Å². The van der Waals surface area contributed by atoms with Gasteiger partial charge < -0.3 is 0 Å². The van der Waals surface area contributed by atoms with Gasteiger partial charge in [0.2, 0.25) is 15.5 Å². The highest BCUT2D eigenvalue weighted by Gasteiger charge is 2.33. The molecule has 33 heavy (non-hydrogen) atoms. The first-order valence-electron chi connectivity index (χ1n) is 9.21. The van der Waals surface area contributed by atoms with Crippen LogP contribution in [0.25, 0.3) is 11.3 Å². The summed E-state index contributed by atoms with van der Waals surface area (Å²) < 4.78 is 81.0. The number of halogens is 5. The van der Waals surface area contributed by atoms with Crippen LogP contribution in [0, 0.1) is 12.7 Å². The van der Waals surface area contributed by atoms with E-state index in [0.717, 1.165) is 39.6 Å². The van der Waals surface area contributed by atoms with Crippen molar-refractivity contribution in [1.82, 2.24) is 19.2 Å². The molecule has 0 saturated heterocycles. The van der Waals surface area contributed by atoms with Gasteiger partial charge in [0.15, 0.2) is 0 Å². The highest BCUT2D eigenvalue weighted by Crippen LogP contribution is 2.33. The molecule has 0 bridgehead atoms. The van der Waals surface area contributed by atoms with Gasteiger partial charge in [-0.15, -0.1) is 10.2 Å². The van der Waals surface area contributed by atoms with E-state index in [0.29, 0.717) is 0 Å². The molecule has 2 heterocycles. The van der Waals surface area contributed by atoms with E-state index < -0.39 is 49.5 Å². The maximum Gasteiger partial charge on any atom is 0.416 e. The van der Waals surface area contributed by atoms with Crippen LogP contribution >= 0.6 is 11.6 Å². The van der Waals surface area contributed by atoms with Gasteiger partial charge in [0, 0.05) is 12.4 Å². The van der Waals surface area contributed by atoms with Gasteiger partial charge in [-0.2, -0.15) is 13.2 Å². The lowest BCUT2D eigenvalue weighted by Gasteiger charge is -2.15. The lowest BCUT2D eigenvalue weighted by molar-refractivity contribution is -0.138. The average molecular weight is 501 g/mol. The summed E-state index contributed by atoms with van der Waals surface area (Å²) in [5.41, 5.74) is -2.46. The van der Waals surface area contributed by atoms with Crippen molar-refractivity contribution in [3.05, 3.63) is 86.7 Å². The van der Waals surface area contributed by atoms with Crippen LogP contribution in [-0.4, -0.2) is 27.6 Å². The van der Waals surface area contributed by atoms with Crippen molar-refractivity contribution in [2.24, 2.45) is 0 Å². The Morgan fingerprint density at radius 2 is 1.76 bits per heavy atom. The third-order valence-corrected chi connectivity index (χ3v) is 6.91. The second-order valence-electron chi connectivity index (χ2n) is 7.07. The summed E-state index contributed by atoms with van der Waals surface area (Å²) in [5.74, 6) is -1.50. The van der Waals surface area contributed by atoms with Gasteiger partial charge in [-0.25, -0.2) is 12.8 Å². The monoisotopic (exact) mass is 500 g/mol. The van der Waals surface area contributed by atoms with Gasteiger partial charge in [-0.1, -0.05) is 29.8 Å². The highest BCUT2D eigenvalue weighted by molar-refractivity contribution is 7.90. The van der Waals surface area contributed by atoms with E-state index in [1.54, 1.807) is 0 Å². The Labute approximate surface area is 188 Å². The Bertz CT molecular complexity index is 1560. The summed E-state index contributed by atoms with van der Waals surface area (Å²) in [4.78, 5) is 12.9. The van der Waals surface area contributed by atoms with Crippen LogP contribution in [-0.2, 0) is 21.8 Å². The first kappa shape index (κ1) is 22.9. The van der Waals surface area contributed by atoms with E-state index in [4.69, 9.17) is 11.6 Å². The molecule has 2 aromatic carbocycles. The summed E-state index contributed by atoms with van der Waals surface area (Å²) in [6.07, 6.45) is -2.35. The maximum absolute atomic E-state index is 13.7. The Balaban J connectivity index is 1.82. The largest absolute Gasteiger partial charge is 0.416 e. The van der Waals surface area contributed by atoms with Gasteiger partial charge >= 0.3 is 11.7 Å². The van der Waals surface area contributed by atoms with Crippen molar-refractivity contribution in [3.8, 4) is 5.69 Å². The Morgan fingerprint density at radius 1 is 1.06 bits per heavy atom. The minimum absolute atomic E-state index is 0.0126. The van der Waals surface area contributed by atoms with E-state index >= 15 is 0 Å². The topological polar surface area (TPSA) is 86.3 Å². The smallest absolute Gasteiger partial charge is 0.279 e. The predicted molar refractivity (Wildman–Crippen MR) is 111 cm³/mol. The zero-order valence-electron chi connectivity index (χ0n) is 16.6. The minimum atomic E-state index is -4.62. The van der Waals surface area contributed by atoms with Crippen LogP contribution in [0.3, 0.4) is 0 Å². The minimum Gasteiger partial charge on any atom is -0.279 e. The molecule has 0 aliphatic heterocycles. The maximum atomic E-state index is 13.7. The fraction of sp³-hybridized carbons (Fsp3) is 0.150. The molecular weight excluding hydrogens is 488 g/mol. The molecular formula is C20H13ClF4N4O3S. The normalized spacial score (nSPS) is 12.4. The molecule has 0 saturated carbocycles. The molecule has 172 valence electrons. The molecule has 4 aromatic rings. The van der Waals surface area contributed by atoms with Crippen LogP contribution < -0.4 is 5.56 Å². The fourth-order valence-electron chi connectivity index (χ4n) is 3.39. The Morgan fingerprint density at radius 3 is 2.45 bits per heavy atom. The quantitative estimate of drug-likeness (QED) is 0.396. The lowest BCUT2D eigenvalue weighted by atomic mass is 10.1. The van der Waals surface area contributed by atoms with E-state index in [9.17, 15) is 30.8 Å². The number of alkyl halides is 3. The molecule has 0 radical (unpaired) electrons. The summed E-state index contributed by atoms with van der Waals surface area (Å²) >= 11 is 5.84. The van der Waals surface area contributed by atoms with E-state index in [1.807, 2.05) is 0 Å². The Kier molecular flexibility index (Phi) is 5.53. The molecule has 0 aliphatic rings. The number of hydrogen-bond acceptors (Lipinski definition) is 5. The van der Waals surface area contributed by atoms with Gasteiger partial charge in [-0.05, 0) is 36.2 Å². The average Bonchev–Trinajstić information content (AvgIpc) is 3.17. The molecule has 0 atom stereocenters. The summed E-state index contributed by atoms with van der Waals surface area (Å²) in [6.45, 7) is 1.22. The molecule has 13 heteroatoms. The van der Waals surface area contributed by atoms with Gasteiger partial charge in [0.25, 0.3) is 5.16 Å². The van der Waals surface area contributed by atoms with E-state index in [1.165, 1.54) is 25.1 Å². The number of benzene rings is 2. The first-order chi connectivity index (χ1) is 15.4. The molecule has 0 unspecified atom stereocenters. The first-order valence-corrected chi connectivity index (χ1v) is 11.2. The van der Waals surface area contributed by atoms with Gasteiger partial charge in [-0.3, -0.25) is 13.8 Å². The van der Waals surface area contributed by atoms with Gasteiger partial charge in [0.05, 0.1) is 22.0 Å². The Hall–Kier alpha value is -3.25. The van der Waals surface area contributed by atoms with Crippen molar-refractivity contribution >= 4 is 27.1 Å². The third kappa shape index (κ3) is 4.00. The number of aromatic nitrogens is 4. The van der Waals surface area contributed by atoms with Crippen molar-refractivity contribution in [2.45, 2.75) is 24.0 Å². The summed E-state index contributed by atoms with van der Waals surface area (Å²) in [5, 5.41) is 6.25.